The summed E-state index contributed by atoms with van der Waals surface area (Å²) in [6.07, 6.45) is 1.96. The zero-order chi connectivity index (χ0) is 9.80. The normalized spacial score (nSPS) is 10.4. The van der Waals surface area contributed by atoms with Crippen molar-refractivity contribution in [2.75, 3.05) is 0 Å². The van der Waals surface area contributed by atoms with Gasteiger partial charge in [-0.3, -0.25) is 0 Å². The van der Waals surface area contributed by atoms with E-state index in [0.29, 0.717) is 0 Å². The van der Waals surface area contributed by atoms with Gasteiger partial charge in [-0.2, -0.15) is 0 Å². The van der Waals surface area contributed by atoms with Crippen LogP contribution in [0, 0.1) is 0 Å². The SMILES string of the molecule is CCCc1nonc1-c1ccccc1. The molecule has 0 atom stereocenters. The van der Waals surface area contributed by atoms with Gasteiger partial charge in [0.05, 0.1) is 0 Å². The molecule has 0 unspecified atom stereocenters. The summed E-state index contributed by atoms with van der Waals surface area (Å²) in [5.41, 5.74) is 2.88. The first-order valence-corrected chi connectivity index (χ1v) is 4.78. The van der Waals surface area contributed by atoms with Crippen molar-refractivity contribution in [3.05, 3.63) is 36.0 Å². The lowest BCUT2D eigenvalue weighted by Crippen LogP contribution is -1.87. The van der Waals surface area contributed by atoms with Crippen molar-refractivity contribution < 1.29 is 4.63 Å². The van der Waals surface area contributed by atoms with E-state index in [-0.39, 0.29) is 0 Å². The van der Waals surface area contributed by atoms with Gasteiger partial charge in [0.1, 0.15) is 11.4 Å². The summed E-state index contributed by atoms with van der Waals surface area (Å²) >= 11 is 0. The number of rotatable bonds is 3. The van der Waals surface area contributed by atoms with Crippen molar-refractivity contribution in [2.24, 2.45) is 0 Å². The first-order valence-electron chi connectivity index (χ1n) is 4.78. The Morgan fingerprint density at radius 2 is 1.93 bits per heavy atom. The molecule has 14 heavy (non-hydrogen) atoms. The monoisotopic (exact) mass is 188 g/mol. The van der Waals surface area contributed by atoms with Crippen LogP contribution < -0.4 is 0 Å². The van der Waals surface area contributed by atoms with E-state index in [1.54, 1.807) is 0 Å². The number of hydrogen-bond acceptors (Lipinski definition) is 3. The first-order chi connectivity index (χ1) is 6.92. The number of benzene rings is 1. The molecule has 0 fully saturated rings. The van der Waals surface area contributed by atoms with Crippen molar-refractivity contribution in [2.45, 2.75) is 19.8 Å². The van der Waals surface area contributed by atoms with Crippen molar-refractivity contribution in [3.8, 4) is 11.3 Å². The maximum absolute atomic E-state index is 4.75. The molecule has 0 aliphatic carbocycles. The highest BCUT2D eigenvalue weighted by Crippen LogP contribution is 2.20. The van der Waals surface area contributed by atoms with Gasteiger partial charge in [0.2, 0.25) is 0 Å². The molecule has 0 N–H and O–H groups in total. The van der Waals surface area contributed by atoms with Gasteiger partial charge in [0.25, 0.3) is 0 Å². The molecule has 3 heteroatoms. The van der Waals surface area contributed by atoms with Gasteiger partial charge in [-0.15, -0.1) is 0 Å². The molecule has 2 rings (SSSR count). The van der Waals surface area contributed by atoms with E-state index in [1.165, 1.54) is 0 Å². The molecule has 1 aromatic carbocycles. The molecule has 0 bridgehead atoms. The van der Waals surface area contributed by atoms with Crippen LogP contribution in [0.2, 0.25) is 0 Å². The minimum atomic E-state index is 0.868. The Morgan fingerprint density at radius 1 is 1.14 bits per heavy atom. The fraction of sp³-hybridized carbons (Fsp3) is 0.273. The van der Waals surface area contributed by atoms with Gasteiger partial charge in [-0.05, 0) is 11.6 Å². The number of nitrogens with zero attached hydrogens (tertiary/aromatic N) is 2. The highest BCUT2D eigenvalue weighted by molar-refractivity contribution is 5.60. The molecule has 1 heterocycles. The van der Waals surface area contributed by atoms with Crippen LogP contribution in [0.4, 0.5) is 0 Å². The molecule has 0 saturated heterocycles. The zero-order valence-electron chi connectivity index (χ0n) is 8.10. The second-order valence-electron chi connectivity index (χ2n) is 3.18. The molecule has 0 aliphatic rings. The lowest BCUT2D eigenvalue weighted by molar-refractivity contribution is 0.304. The number of hydrogen-bond donors (Lipinski definition) is 0. The lowest BCUT2D eigenvalue weighted by Gasteiger charge is -1.96. The van der Waals surface area contributed by atoms with Crippen LogP contribution in [0.5, 0.6) is 0 Å². The summed E-state index contributed by atoms with van der Waals surface area (Å²) in [4.78, 5) is 0. The average molecular weight is 188 g/mol. The molecule has 72 valence electrons. The Hall–Kier alpha value is -1.64. The van der Waals surface area contributed by atoms with E-state index in [4.69, 9.17) is 4.63 Å². The first kappa shape index (κ1) is 8.94. The molecule has 0 spiro atoms. The molecule has 0 amide bonds. The van der Waals surface area contributed by atoms with Crippen LogP contribution >= 0.6 is 0 Å². The predicted octanol–water partition coefficient (Wildman–Crippen LogP) is 2.69. The van der Waals surface area contributed by atoms with E-state index >= 15 is 0 Å². The van der Waals surface area contributed by atoms with E-state index < -0.39 is 0 Å². The maximum atomic E-state index is 4.75. The molecule has 0 saturated carbocycles. The Balaban J connectivity index is 2.37. The van der Waals surface area contributed by atoms with Gasteiger partial charge in [-0.25, -0.2) is 4.63 Å². The third-order valence-electron chi connectivity index (χ3n) is 2.09. The standard InChI is InChI=1S/C11H12N2O/c1-2-6-10-11(13-14-12-10)9-7-4-3-5-8-9/h3-5,7-8H,2,6H2,1H3. The summed E-state index contributed by atoms with van der Waals surface area (Å²) < 4.78 is 4.75. The summed E-state index contributed by atoms with van der Waals surface area (Å²) in [5.74, 6) is 0. The molecule has 0 aliphatic heterocycles. The minimum Gasteiger partial charge on any atom is -0.244 e. The highest BCUT2D eigenvalue weighted by Gasteiger charge is 2.10. The lowest BCUT2D eigenvalue weighted by atomic mass is 10.1. The van der Waals surface area contributed by atoms with Crippen molar-refractivity contribution in [3.63, 3.8) is 0 Å². The second kappa shape index (κ2) is 4.05. The van der Waals surface area contributed by atoms with Crippen molar-refractivity contribution in [1.29, 1.82) is 0 Å². The van der Waals surface area contributed by atoms with Gasteiger partial charge in [0, 0.05) is 5.56 Å². The zero-order valence-corrected chi connectivity index (χ0v) is 8.10. The Kier molecular flexibility index (Phi) is 2.58. The molecular weight excluding hydrogens is 176 g/mol. The third kappa shape index (κ3) is 1.66. The van der Waals surface area contributed by atoms with E-state index in [1.807, 2.05) is 30.3 Å². The second-order valence-corrected chi connectivity index (χ2v) is 3.18. The molecular formula is C11H12N2O. The minimum absolute atomic E-state index is 0.868. The van der Waals surface area contributed by atoms with Gasteiger partial charge >= 0.3 is 0 Å². The smallest absolute Gasteiger partial charge is 0.138 e. The quantitative estimate of drug-likeness (QED) is 0.743. The third-order valence-corrected chi connectivity index (χ3v) is 2.09. The Bertz CT molecular complexity index is 395. The largest absolute Gasteiger partial charge is 0.244 e. The van der Waals surface area contributed by atoms with Crippen molar-refractivity contribution >= 4 is 0 Å². The Labute approximate surface area is 82.7 Å². The van der Waals surface area contributed by atoms with Crippen LogP contribution in [0.15, 0.2) is 35.0 Å². The predicted molar refractivity (Wildman–Crippen MR) is 53.7 cm³/mol. The summed E-state index contributed by atoms with van der Waals surface area (Å²) in [7, 11) is 0. The fourth-order valence-electron chi connectivity index (χ4n) is 1.42. The molecule has 2 aromatic rings. The van der Waals surface area contributed by atoms with Crippen molar-refractivity contribution in [1.82, 2.24) is 10.3 Å². The van der Waals surface area contributed by atoms with Crippen LogP contribution in [0.1, 0.15) is 19.0 Å². The van der Waals surface area contributed by atoms with Gasteiger partial charge in [0.15, 0.2) is 0 Å². The van der Waals surface area contributed by atoms with Crippen LogP contribution in [-0.2, 0) is 6.42 Å². The average Bonchev–Trinajstić information content (AvgIpc) is 2.68. The maximum Gasteiger partial charge on any atom is 0.138 e. The topological polar surface area (TPSA) is 38.9 Å². The van der Waals surface area contributed by atoms with Crippen LogP contribution in [0.25, 0.3) is 11.3 Å². The summed E-state index contributed by atoms with van der Waals surface area (Å²) in [5, 5.41) is 7.82. The number of aryl methyl sites for hydroxylation is 1. The summed E-state index contributed by atoms with van der Waals surface area (Å²) in [6.45, 7) is 2.11. The van der Waals surface area contributed by atoms with Gasteiger partial charge in [-0.1, -0.05) is 48.8 Å². The highest BCUT2D eigenvalue weighted by atomic mass is 16.6. The molecule has 1 aromatic heterocycles. The van der Waals surface area contributed by atoms with E-state index in [0.717, 1.165) is 29.8 Å². The van der Waals surface area contributed by atoms with E-state index in [2.05, 4.69) is 17.2 Å². The fourth-order valence-corrected chi connectivity index (χ4v) is 1.42. The number of aromatic nitrogens is 2. The van der Waals surface area contributed by atoms with Crippen LogP contribution in [0.3, 0.4) is 0 Å². The van der Waals surface area contributed by atoms with Crippen LogP contribution in [-0.4, -0.2) is 10.3 Å². The molecule has 0 radical (unpaired) electrons. The van der Waals surface area contributed by atoms with E-state index in [9.17, 15) is 0 Å². The summed E-state index contributed by atoms with van der Waals surface area (Å²) in [6, 6.07) is 9.98. The molecule has 3 nitrogen and oxygen atoms in total. The van der Waals surface area contributed by atoms with Gasteiger partial charge < -0.3 is 0 Å². The Morgan fingerprint density at radius 3 is 2.64 bits per heavy atom.